The molecule has 0 saturated carbocycles. The highest BCUT2D eigenvalue weighted by atomic mass is 16.6. The maximum atomic E-state index is 12.2. The fourth-order valence-electron chi connectivity index (χ4n) is 5.59. The number of unbranched alkanes of at least 4 members (excludes halogenated alkanes) is 19. The molecule has 0 aromatic carbocycles. The second-order valence-corrected chi connectivity index (χ2v) is 13.7. The van der Waals surface area contributed by atoms with E-state index >= 15 is 0 Å². The molecule has 0 saturated heterocycles. The predicted octanol–water partition coefficient (Wildman–Crippen LogP) is 13.2. The molecule has 0 radical (unpaired) electrons. The first-order valence-corrected chi connectivity index (χ1v) is 20.8. The number of hydrogen-bond donors (Lipinski definition) is 1. The van der Waals surface area contributed by atoms with Gasteiger partial charge in [-0.1, -0.05) is 158 Å². The standard InChI is InChI=1S/C45H78O5/c1-3-5-7-9-11-13-15-17-19-21-22-24-26-28-30-32-34-36-38-40-45(48)50-43(41-46)42-49-44(47)39-37-35-33-31-29-27-25-23-20-18-16-14-12-10-8-6-4-2/h11,13,17-20,22,24,28,30,43,46H,3-10,12,14-16,21,23,25-27,29,31-42H2,1-2H3/t43-/m0/s1. The summed E-state index contributed by atoms with van der Waals surface area (Å²) in [7, 11) is 0. The summed E-state index contributed by atoms with van der Waals surface area (Å²) in [6.07, 6.45) is 52.8. The Morgan fingerprint density at radius 3 is 1.28 bits per heavy atom. The van der Waals surface area contributed by atoms with Crippen LogP contribution in [-0.2, 0) is 19.1 Å². The van der Waals surface area contributed by atoms with Crippen LogP contribution in [0.5, 0.6) is 0 Å². The van der Waals surface area contributed by atoms with E-state index in [1.807, 2.05) is 0 Å². The first-order valence-electron chi connectivity index (χ1n) is 20.8. The largest absolute Gasteiger partial charge is 0.462 e. The molecule has 0 unspecified atom stereocenters. The zero-order valence-electron chi connectivity index (χ0n) is 32.6. The molecule has 50 heavy (non-hydrogen) atoms. The number of hydrogen-bond acceptors (Lipinski definition) is 5. The molecule has 0 aromatic heterocycles. The first-order chi connectivity index (χ1) is 24.6. The third kappa shape index (κ3) is 38.4. The number of carbonyl (C=O) groups excluding carboxylic acids is 2. The van der Waals surface area contributed by atoms with E-state index in [9.17, 15) is 14.7 Å². The van der Waals surface area contributed by atoms with Gasteiger partial charge in [0, 0.05) is 12.8 Å². The van der Waals surface area contributed by atoms with Gasteiger partial charge < -0.3 is 14.6 Å². The highest BCUT2D eigenvalue weighted by Gasteiger charge is 2.16. The minimum atomic E-state index is -0.791. The van der Waals surface area contributed by atoms with Crippen molar-refractivity contribution < 1.29 is 24.2 Å². The summed E-state index contributed by atoms with van der Waals surface area (Å²) in [5.41, 5.74) is 0. The molecule has 0 aliphatic carbocycles. The van der Waals surface area contributed by atoms with Crippen LogP contribution in [0.3, 0.4) is 0 Å². The molecule has 0 spiro atoms. The van der Waals surface area contributed by atoms with Gasteiger partial charge in [-0.15, -0.1) is 0 Å². The minimum absolute atomic E-state index is 0.0828. The van der Waals surface area contributed by atoms with Gasteiger partial charge in [0.2, 0.25) is 0 Å². The minimum Gasteiger partial charge on any atom is -0.462 e. The van der Waals surface area contributed by atoms with Crippen molar-refractivity contribution in [1.29, 1.82) is 0 Å². The third-order valence-electron chi connectivity index (χ3n) is 8.78. The molecule has 0 amide bonds. The van der Waals surface area contributed by atoms with Crippen molar-refractivity contribution in [3.05, 3.63) is 60.8 Å². The molecule has 288 valence electrons. The van der Waals surface area contributed by atoms with Gasteiger partial charge in [-0.2, -0.15) is 0 Å². The van der Waals surface area contributed by atoms with Gasteiger partial charge >= 0.3 is 11.9 Å². The summed E-state index contributed by atoms with van der Waals surface area (Å²) in [4.78, 5) is 24.3. The van der Waals surface area contributed by atoms with E-state index in [-0.39, 0.29) is 25.2 Å². The van der Waals surface area contributed by atoms with Crippen LogP contribution >= 0.6 is 0 Å². The Morgan fingerprint density at radius 1 is 0.460 bits per heavy atom. The van der Waals surface area contributed by atoms with Gasteiger partial charge in [0.15, 0.2) is 6.10 Å². The van der Waals surface area contributed by atoms with E-state index in [4.69, 9.17) is 9.47 Å². The van der Waals surface area contributed by atoms with E-state index < -0.39 is 6.10 Å². The molecule has 1 atom stereocenters. The van der Waals surface area contributed by atoms with Crippen LogP contribution in [0.1, 0.15) is 194 Å². The number of aliphatic hydroxyl groups excluding tert-OH is 1. The summed E-state index contributed by atoms with van der Waals surface area (Å²) in [5, 5.41) is 9.56. The first kappa shape index (κ1) is 47.6. The maximum Gasteiger partial charge on any atom is 0.306 e. The SMILES string of the molecule is CCCCCC=CCC=CCC=CCC=CCCCCCC(=O)O[C@@H](CO)COC(=O)CCCCCCCCCC=CCCCCCCCC. The smallest absolute Gasteiger partial charge is 0.306 e. The number of carbonyl (C=O) groups is 2. The average Bonchev–Trinajstić information content (AvgIpc) is 3.12. The Labute approximate surface area is 309 Å². The van der Waals surface area contributed by atoms with Crippen LogP contribution in [0.2, 0.25) is 0 Å². The highest BCUT2D eigenvalue weighted by molar-refractivity contribution is 5.70. The molecule has 0 fully saturated rings. The van der Waals surface area contributed by atoms with E-state index in [1.165, 1.54) is 103 Å². The Bertz CT molecular complexity index is 884. The summed E-state index contributed by atoms with van der Waals surface area (Å²) in [6.45, 7) is 4.07. The molecule has 0 bridgehead atoms. The molecule has 5 nitrogen and oxygen atoms in total. The average molecular weight is 699 g/mol. The van der Waals surface area contributed by atoms with E-state index in [2.05, 4.69) is 74.6 Å². The molecule has 0 aromatic rings. The lowest BCUT2D eigenvalue weighted by Gasteiger charge is -2.15. The van der Waals surface area contributed by atoms with Crippen molar-refractivity contribution in [1.82, 2.24) is 0 Å². The molecule has 0 aliphatic rings. The van der Waals surface area contributed by atoms with Crippen molar-refractivity contribution in [3.8, 4) is 0 Å². The topological polar surface area (TPSA) is 72.8 Å². The van der Waals surface area contributed by atoms with Gasteiger partial charge in [0.25, 0.3) is 0 Å². The second-order valence-electron chi connectivity index (χ2n) is 13.7. The Morgan fingerprint density at radius 2 is 0.800 bits per heavy atom. The van der Waals surface area contributed by atoms with Crippen molar-refractivity contribution in [3.63, 3.8) is 0 Å². The zero-order valence-corrected chi connectivity index (χ0v) is 32.6. The molecular weight excluding hydrogens is 620 g/mol. The van der Waals surface area contributed by atoms with Crippen LogP contribution in [-0.4, -0.2) is 36.4 Å². The number of allylic oxidation sites excluding steroid dienone is 10. The Balaban J connectivity index is 3.64. The van der Waals surface area contributed by atoms with Gasteiger partial charge in [-0.05, 0) is 83.5 Å². The van der Waals surface area contributed by atoms with Crippen LogP contribution in [0.25, 0.3) is 0 Å². The lowest BCUT2D eigenvalue weighted by molar-refractivity contribution is -0.161. The molecule has 5 heteroatoms. The summed E-state index contributed by atoms with van der Waals surface area (Å²) < 4.78 is 10.6. The normalized spacial score (nSPS) is 12.8. The third-order valence-corrected chi connectivity index (χ3v) is 8.78. The number of esters is 2. The van der Waals surface area contributed by atoms with Gasteiger partial charge in [0.05, 0.1) is 6.61 Å². The van der Waals surface area contributed by atoms with Crippen molar-refractivity contribution in [2.75, 3.05) is 13.2 Å². The van der Waals surface area contributed by atoms with Crippen LogP contribution < -0.4 is 0 Å². The van der Waals surface area contributed by atoms with Crippen LogP contribution in [0.4, 0.5) is 0 Å². The summed E-state index contributed by atoms with van der Waals surface area (Å²) in [5.74, 6) is -0.633. The molecule has 0 heterocycles. The van der Waals surface area contributed by atoms with Gasteiger partial charge in [-0.3, -0.25) is 9.59 Å². The summed E-state index contributed by atoms with van der Waals surface area (Å²) >= 11 is 0. The van der Waals surface area contributed by atoms with E-state index in [1.54, 1.807) is 0 Å². The number of ether oxygens (including phenoxy) is 2. The monoisotopic (exact) mass is 699 g/mol. The maximum absolute atomic E-state index is 12.2. The zero-order chi connectivity index (χ0) is 36.4. The quantitative estimate of drug-likeness (QED) is 0.0397. The molecule has 0 rings (SSSR count). The summed E-state index contributed by atoms with van der Waals surface area (Å²) in [6, 6.07) is 0. The second kappa shape index (κ2) is 41.0. The van der Waals surface area contributed by atoms with E-state index in [0.717, 1.165) is 64.2 Å². The Hall–Kier alpha value is -2.40. The van der Waals surface area contributed by atoms with Crippen LogP contribution in [0.15, 0.2) is 60.8 Å². The number of rotatable bonds is 37. The van der Waals surface area contributed by atoms with E-state index in [0.29, 0.717) is 12.8 Å². The van der Waals surface area contributed by atoms with Crippen molar-refractivity contribution in [2.24, 2.45) is 0 Å². The van der Waals surface area contributed by atoms with Crippen molar-refractivity contribution >= 4 is 11.9 Å². The lowest BCUT2D eigenvalue weighted by atomic mass is 10.1. The lowest BCUT2D eigenvalue weighted by Crippen LogP contribution is -2.28. The molecular formula is C45H78O5. The van der Waals surface area contributed by atoms with Crippen molar-refractivity contribution in [2.45, 2.75) is 200 Å². The number of aliphatic hydroxyl groups is 1. The van der Waals surface area contributed by atoms with Gasteiger partial charge in [-0.25, -0.2) is 0 Å². The Kier molecular flexibility index (Phi) is 39.1. The fourth-order valence-corrected chi connectivity index (χ4v) is 5.59. The molecule has 0 aliphatic heterocycles. The fraction of sp³-hybridized carbons (Fsp3) is 0.733. The highest BCUT2D eigenvalue weighted by Crippen LogP contribution is 2.12. The van der Waals surface area contributed by atoms with Crippen LogP contribution in [0, 0.1) is 0 Å². The molecule has 1 N–H and O–H groups in total. The van der Waals surface area contributed by atoms with Gasteiger partial charge in [0.1, 0.15) is 6.61 Å². The predicted molar refractivity (Wildman–Crippen MR) is 214 cm³/mol.